The molecular formula is C19H16Cl2N4O3. The van der Waals surface area contributed by atoms with E-state index in [-0.39, 0.29) is 24.2 Å². The highest BCUT2D eigenvalue weighted by atomic mass is 35.5. The van der Waals surface area contributed by atoms with E-state index in [1.165, 1.54) is 11.6 Å². The highest BCUT2D eigenvalue weighted by Crippen LogP contribution is 2.31. The summed E-state index contributed by atoms with van der Waals surface area (Å²) in [5.74, 6) is -0.106. The standard InChI is InChI=1S/C19H16Cl2N4O3/c1-12(26)22-13-5-7-14(8-6-13)23-19(27)16-9-10-25(24-16)11-28-17-4-2-3-15(20)18(17)21/h2-10H,11H2,1H3,(H,22,26)(H,23,27). The van der Waals surface area contributed by atoms with E-state index >= 15 is 0 Å². The highest BCUT2D eigenvalue weighted by molar-refractivity contribution is 6.42. The summed E-state index contributed by atoms with van der Waals surface area (Å²) in [5.41, 5.74) is 1.45. The number of nitrogens with one attached hydrogen (secondary N) is 2. The topological polar surface area (TPSA) is 85.2 Å². The van der Waals surface area contributed by atoms with Gasteiger partial charge >= 0.3 is 0 Å². The van der Waals surface area contributed by atoms with E-state index in [0.29, 0.717) is 27.2 Å². The SMILES string of the molecule is CC(=O)Nc1ccc(NC(=O)c2ccn(COc3cccc(Cl)c3Cl)n2)cc1. The van der Waals surface area contributed by atoms with Crippen molar-refractivity contribution in [1.29, 1.82) is 0 Å². The number of amides is 2. The number of benzene rings is 2. The third-order valence-corrected chi connectivity index (χ3v) is 4.41. The zero-order valence-electron chi connectivity index (χ0n) is 14.8. The van der Waals surface area contributed by atoms with Gasteiger partial charge in [-0.15, -0.1) is 0 Å². The highest BCUT2D eigenvalue weighted by Gasteiger charge is 2.11. The fraction of sp³-hybridized carbons (Fsp3) is 0.105. The summed E-state index contributed by atoms with van der Waals surface area (Å²) in [6, 6.07) is 13.4. The van der Waals surface area contributed by atoms with Gasteiger partial charge in [-0.2, -0.15) is 5.10 Å². The molecule has 2 aromatic carbocycles. The Morgan fingerprint density at radius 3 is 2.39 bits per heavy atom. The summed E-state index contributed by atoms with van der Waals surface area (Å²) in [4.78, 5) is 23.4. The Kier molecular flexibility index (Phi) is 6.18. The predicted molar refractivity (Wildman–Crippen MR) is 108 cm³/mol. The van der Waals surface area contributed by atoms with Crippen LogP contribution in [0, 0.1) is 0 Å². The normalized spacial score (nSPS) is 10.4. The number of carbonyl (C=O) groups is 2. The van der Waals surface area contributed by atoms with Gasteiger partial charge in [0.15, 0.2) is 12.4 Å². The lowest BCUT2D eigenvalue weighted by Gasteiger charge is -2.08. The van der Waals surface area contributed by atoms with Crippen molar-refractivity contribution >= 4 is 46.4 Å². The molecule has 3 rings (SSSR count). The van der Waals surface area contributed by atoms with E-state index in [0.717, 1.165) is 0 Å². The molecule has 0 spiro atoms. The summed E-state index contributed by atoms with van der Waals surface area (Å²) < 4.78 is 7.04. The number of ether oxygens (including phenoxy) is 1. The summed E-state index contributed by atoms with van der Waals surface area (Å²) >= 11 is 12.0. The molecule has 0 unspecified atom stereocenters. The Morgan fingerprint density at radius 1 is 1.04 bits per heavy atom. The van der Waals surface area contributed by atoms with Crippen LogP contribution < -0.4 is 15.4 Å². The maximum absolute atomic E-state index is 12.3. The van der Waals surface area contributed by atoms with E-state index in [2.05, 4.69) is 15.7 Å². The first-order valence-electron chi connectivity index (χ1n) is 8.21. The average molecular weight is 419 g/mol. The first-order chi connectivity index (χ1) is 13.4. The zero-order valence-corrected chi connectivity index (χ0v) is 16.3. The van der Waals surface area contributed by atoms with Crippen molar-refractivity contribution in [2.45, 2.75) is 13.7 Å². The minimum absolute atomic E-state index is 0.0682. The average Bonchev–Trinajstić information content (AvgIpc) is 3.13. The lowest BCUT2D eigenvalue weighted by Crippen LogP contribution is -2.14. The van der Waals surface area contributed by atoms with Crippen LogP contribution in [0.1, 0.15) is 17.4 Å². The molecule has 144 valence electrons. The molecule has 2 amide bonds. The number of carbonyl (C=O) groups excluding carboxylic acids is 2. The summed E-state index contributed by atoms with van der Waals surface area (Å²) in [5, 5.41) is 10.3. The van der Waals surface area contributed by atoms with Gasteiger partial charge in [-0.3, -0.25) is 9.59 Å². The van der Waals surface area contributed by atoms with Crippen LogP contribution in [0.4, 0.5) is 11.4 Å². The minimum atomic E-state index is -0.369. The van der Waals surface area contributed by atoms with Crippen LogP contribution >= 0.6 is 23.2 Å². The third kappa shape index (κ3) is 5.03. The number of hydrogen-bond acceptors (Lipinski definition) is 4. The van der Waals surface area contributed by atoms with Gasteiger partial charge in [-0.1, -0.05) is 29.3 Å². The number of hydrogen-bond donors (Lipinski definition) is 2. The van der Waals surface area contributed by atoms with E-state index < -0.39 is 0 Å². The molecular weight excluding hydrogens is 403 g/mol. The largest absolute Gasteiger partial charge is 0.470 e. The molecule has 7 nitrogen and oxygen atoms in total. The monoisotopic (exact) mass is 418 g/mol. The number of aromatic nitrogens is 2. The van der Waals surface area contributed by atoms with Gasteiger partial charge in [-0.25, -0.2) is 4.68 Å². The molecule has 0 aliphatic heterocycles. The summed E-state index contributed by atoms with van der Waals surface area (Å²) in [6.07, 6.45) is 1.62. The third-order valence-electron chi connectivity index (χ3n) is 3.60. The van der Waals surface area contributed by atoms with Gasteiger partial charge < -0.3 is 15.4 Å². The van der Waals surface area contributed by atoms with Crippen LogP contribution in [-0.2, 0) is 11.5 Å². The second-order valence-corrected chi connectivity index (χ2v) is 6.56. The van der Waals surface area contributed by atoms with Gasteiger partial charge in [-0.05, 0) is 42.5 Å². The zero-order chi connectivity index (χ0) is 20.1. The molecule has 0 radical (unpaired) electrons. The number of rotatable bonds is 6. The fourth-order valence-electron chi connectivity index (χ4n) is 2.32. The van der Waals surface area contributed by atoms with Crippen molar-refractivity contribution in [2.24, 2.45) is 0 Å². The van der Waals surface area contributed by atoms with Gasteiger partial charge in [0.1, 0.15) is 10.8 Å². The molecule has 0 saturated heterocycles. The predicted octanol–water partition coefficient (Wildman–Crippen LogP) is 4.44. The molecule has 3 aromatic rings. The van der Waals surface area contributed by atoms with Crippen LogP contribution in [0.15, 0.2) is 54.7 Å². The van der Waals surface area contributed by atoms with Crippen LogP contribution in [0.2, 0.25) is 10.0 Å². The summed E-state index contributed by atoms with van der Waals surface area (Å²) in [6.45, 7) is 1.49. The van der Waals surface area contributed by atoms with Crippen molar-refractivity contribution < 1.29 is 14.3 Å². The fourth-order valence-corrected chi connectivity index (χ4v) is 2.67. The van der Waals surface area contributed by atoms with Gasteiger partial charge in [0.2, 0.25) is 5.91 Å². The lowest BCUT2D eigenvalue weighted by molar-refractivity contribution is -0.114. The van der Waals surface area contributed by atoms with Crippen LogP contribution in [0.5, 0.6) is 5.75 Å². The Morgan fingerprint density at radius 2 is 1.71 bits per heavy atom. The Hall–Kier alpha value is -3.03. The Balaban J connectivity index is 1.59. The second-order valence-electron chi connectivity index (χ2n) is 5.78. The van der Waals surface area contributed by atoms with Crippen LogP contribution in [0.3, 0.4) is 0 Å². The molecule has 2 N–H and O–H groups in total. The van der Waals surface area contributed by atoms with E-state index in [1.807, 2.05) is 0 Å². The molecule has 0 saturated carbocycles. The molecule has 9 heteroatoms. The molecule has 1 aromatic heterocycles. The van der Waals surface area contributed by atoms with Crippen molar-refractivity contribution in [1.82, 2.24) is 9.78 Å². The van der Waals surface area contributed by atoms with Crippen LogP contribution in [-0.4, -0.2) is 21.6 Å². The van der Waals surface area contributed by atoms with Crippen molar-refractivity contribution in [2.75, 3.05) is 10.6 Å². The van der Waals surface area contributed by atoms with Crippen molar-refractivity contribution in [3.8, 4) is 5.75 Å². The quantitative estimate of drug-likeness (QED) is 0.619. The van der Waals surface area contributed by atoms with Gasteiger partial charge in [0, 0.05) is 24.5 Å². The smallest absolute Gasteiger partial charge is 0.276 e. The van der Waals surface area contributed by atoms with Gasteiger partial charge in [0.05, 0.1) is 5.02 Å². The Labute approximate surface area is 171 Å². The number of nitrogens with zero attached hydrogens (tertiary/aromatic N) is 2. The summed E-state index contributed by atoms with van der Waals surface area (Å²) in [7, 11) is 0. The molecule has 0 bridgehead atoms. The maximum Gasteiger partial charge on any atom is 0.276 e. The van der Waals surface area contributed by atoms with E-state index in [1.54, 1.807) is 54.7 Å². The van der Waals surface area contributed by atoms with Crippen LogP contribution in [0.25, 0.3) is 0 Å². The second kappa shape index (κ2) is 8.77. The Bertz CT molecular complexity index is 1000. The van der Waals surface area contributed by atoms with E-state index in [4.69, 9.17) is 27.9 Å². The van der Waals surface area contributed by atoms with Crippen molar-refractivity contribution in [3.05, 3.63) is 70.5 Å². The van der Waals surface area contributed by atoms with Gasteiger partial charge in [0.25, 0.3) is 5.91 Å². The number of halogens is 2. The van der Waals surface area contributed by atoms with E-state index in [9.17, 15) is 9.59 Å². The maximum atomic E-state index is 12.3. The molecule has 1 heterocycles. The first-order valence-corrected chi connectivity index (χ1v) is 8.97. The molecule has 0 atom stereocenters. The minimum Gasteiger partial charge on any atom is -0.470 e. The molecule has 0 aliphatic rings. The first kappa shape index (κ1) is 19.7. The molecule has 0 aliphatic carbocycles. The molecule has 0 fully saturated rings. The number of anilines is 2. The van der Waals surface area contributed by atoms with Crippen molar-refractivity contribution in [3.63, 3.8) is 0 Å². The molecule has 28 heavy (non-hydrogen) atoms. The lowest BCUT2D eigenvalue weighted by atomic mass is 10.2.